The van der Waals surface area contributed by atoms with Crippen LogP contribution in [-0.2, 0) is 25.5 Å². The van der Waals surface area contributed by atoms with Crippen molar-refractivity contribution >= 4 is 41.7 Å². The third-order valence-electron chi connectivity index (χ3n) is 9.21. The number of pyridine rings is 1. The van der Waals surface area contributed by atoms with Crippen molar-refractivity contribution in [2.45, 2.75) is 70.9 Å². The van der Waals surface area contributed by atoms with Crippen LogP contribution in [0.15, 0.2) is 66.9 Å². The third kappa shape index (κ3) is 13.9. The summed E-state index contributed by atoms with van der Waals surface area (Å²) in [6, 6.07) is 17.5. The van der Waals surface area contributed by atoms with Gasteiger partial charge in [0.05, 0.1) is 18.3 Å². The molecule has 306 valence electrons. The summed E-state index contributed by atoms with van der Waals surface area (Å²) in [5.41, 5.74) is 9.84. The number of nitrogens with one attached hydrogen (secondary N) is 2. The highest BCUT2D eigenvalue weighted by molar-refractivity contribution is 6.28. The van der Waals surface area contributed by atoms with E-state index in [1.165, 1.54) is 4.90 Å². The molecule has 0 aliphatic heterocycles. The molecule has 2 aromatic heterocycles. The first-order valence-electron chi connectivity index (χ1n) is 18.9. The van der Waals surface area contributed by atoms with E-state index in [4.69, 9.17) is 36.7 Å². The Labute approximate surface area is 338 Å². The van der Waals surface area contributed by atoms with E-state index in [9.17, 15) is 14.4 Å². The maximum absolute atomic E-state index is 14.2. The Morgan fingerprint density at radius 1 is 1.00 bits per heavy atom. The topological polar surface area (TPSA) is 206 Å². The zero-order chi connectivity index (χ0) is 41.5. The Morgan fingerprint density at radius 3 is 2.19 bits per heavy atom. The van der Waals surface area contributed by atoms with Crippen LogP contribution in [0.25, 0.3) is 22.5 Å². The van der Waals surface area contributed by atoms with Crippen molar-refractivity contribution < 1.29 is 33.8 Å². The number of H-pyrrole nitrogens is 1. The highest BCUT2D eigenvalue weighted by atomic mass is 35.5. The lowest BCUT2D eigenvalue weighted by Gasteiger charge is -2.32. The number of alkyl carbamates (subject to hydrolysis) is 1. The number of benzene rings is 2. The number of carboxylic acid groups (broad SMARTS) is 1. The van der Waals surface area contributed by atoms with Crippen LogP contribution in [0.4, 0.5) is 10.5 Å². The standard InChI is InChI=1S/C40H51ClN8O5.CH2O2/c1-40(2,3)54-39(52)44-24-27-9-13-30(14-10-27)36(50)49(32-18-15-29(16-19-32)35-45-38(41)47-46-35)37(51)33(42)23-26-7-11-28(12-8-26)31-17-20-34(43-25-31)53-22-6-21-48(4)5;2-1-3/h7-8,11-12,15-20,25,27,30,33H,6,9-10,13-14,21-24,42H2,1-5H3,(H,44,52)(H,45,46,47);1H,(H,2,3)/t27?,30?,33-;/m0./s1. The van der Waals surface area contributed by atoms with E-state index >= 15 is 0 Å². The minimum Gasteiger partial charge on any atom is -0.483 e. The molecule has 1 aliphatic carbocycles. The van der Waals surface area contributed by atoms with Crippen LogP contribution in [-0.4, -0.2) is 100.0 Å². The molecule has 0 unspecified atom stereocenters. The molecule has 5 rings (SSSR count). The number of anilines is 1. The van der Waals surface area contributed by atoms with Crippen LogP contribution in [0.1, 0.15) is 58.4 Å². The first kappa shape index (κ1) is 44.3. The van der Waals surface area contributed by atoms with Crippen molar-refractivity contribution in [3.05, 3.63) is 77.7 Å². The van der Waals surface area contributed by atoms with Gasteiger partial charge in [0.2, 0.25) is 17.1 Å². The number of aromatic nitrogens is 4. The summed E-state index contributed by atoms with van der Waals surface area (Å²) in [7, 11) is 4.06. The van der Waals surface area contributed by atoms with E-state index in [2.05, 4.69) is 30.4 Å². The number of carbonyl (C=O) groups is 4. The fourth-order valence-corrected chi connectivity index (χ4v) is 6.49. The van der Waals surface area contributed by atoms with Gasteiger partial charge in [-0.05, 0) is 132 Å². The van der Waals surface area contributed by atoms with Crippen molar-refractivity contribution in [2.75, 3.05) is 38.7 Å². The van der Waals surface area contributed by atoms with Gasteiger partial charge in [0.15, 0.2) is 5.82 Å². The molecule has 0 saturated heterocycles. The van der Waals surface area contributed by atoms with Gasteiger partial charge < -0.3 is 30.5 Å². The smallest absolute Gasteiger partial charge is 0.407 e. The average molecular weight is 805 g/mol. The van der Waals surface area contributed by atoms with Crippen LogP contribution in [0.3, 0.4) is 0 Å². The molecule has 4 aromatic rings. The minimum absolute atomic E-state index is 0.155. The minimum atomic E-state index is -0.980. The Hall–Kier alpha value is -5.38. The van der Waals surface area contributed by atoms with E-state index in [-0.39, 0.29) is 35.9 Å². The summed E-state index contributed by atoms with van der Waals surface area (Å²) in [5, 5.41) is 16.6. The number of rotatable bonds is 14. The molecule has 1 saturated carbocycles. The molecule has 16 heteroatoms. The first-order valence-corrected chi connectivity index (χ1v) is 19.2. The number of carbonyl (C=O) groups excluding carboxylic acids is 3. The first-order chi connectivity index (χ1) is 27.2. The molecule has 5 N–H and O–H groups in total. The molecule has 1 atom stereocenters. The van der Waals surface area contributed by atoms with E-state index in [1.54, 1.807) is 30.5 Å². The van der Waals surface area contributed by atoms with Gasteiger partial charge in [-0.25, -0.2) is 19.8 Å². The van der Waals surface area contributed by atoms with Crippen LogP contribution in [0.5, 0.6) is 5.88 Å². The maximum atomic E-state index is 14.2. The van der Waals surface area contributed by atoms with Crippen molar-refractivity contribution in [1.29, 1.82) is 0 Å². The third-order valence-corrected chi connectivity index (χ3v) is 9.38. The second-order valence-corrected chi connectivity index (χ2v) is 15.5. The fraction of sp³-hybridized carbons (Fsp3) is 0.439. The Morgan fingerprint density at radius 2 is 1.63 bits per heavy atom. The number of ether oxygens (including phenoxy) is 2. The molecule has 2 heterocycles. The van der Waals surface area contributed by atoms with Gasteiger partial charge in [-0.2, -0.15) is 10.1 Å². The molecule has 0 bridgehead atoms. The Balaban J connectivity index is 0.00000232. The van der Waals surface area contributed by atoms with Crippen molar-refractivity contribution in [3.63, 3.8) is 0 Å². The van der Waals surface area contributed by atoms with E-state index in [0.717, 1.165) is 42.5 Å². The summed E-state index contributed by atoms with van der Waals surface area (Å²) in [4.78, 5) is 60.8. The lowest BCUT2D eigenvalue weighted by molar-refractivity contribution is -0.130. The second-order valence-electron chi connectivity index (χ2n) is 15.1. The number of aromatic amines is 1. The van der Waals surface area contributed by atoms with Gasteiger partial charge in [0.1, 0.15) is 5.60 Å². The van der Waals surface area contributed by atoms with Gasteiger partial charge >= 0.3 is 6.09 Å². The van der Waals surface area contributed by atoms with Gasteiger partial charge in [-0.1, -0.05) is 24.3 Å². The van der Waals surface area contributed by atoms with Crippen LogP contribution < -0.4 is 20.7 Å². The number of imide groups is 1. The highest BCUT2D eigenvalue weighted by Crippen LogP contribution is 2.32. The normalized spacial score (nSPS) is 15.8. The molecule has 57 heavy (non-hydrogen) atoms. The molecule has 3 amide bonds. The second kappa shape index (κ2) is 21.2. The molecular weight excluding hydrogens is 752 g/mol. The molecule has 0 spiro atoms. The zero-order valence-corrected chi connectivity index (χ0v) is 33.9. The molecule has 1 fully saturated rings. The molecule has 15 nitrogen and oxygen atoms in total. The van der Waals surface area contributed by atoms with Gasteiger partial charge in [0, 0.05) is 42.4 Å². The lowest BCUT2D eigenvalue weighted by atomic mass is 9.81. The average Bonchev–Trinajstić information content (AvgIpc) is 3.62. The van der Waals surface area contributed by atoms with Crippen LogP contribution >= 0.6 is 11.6 Å². The Bertz CT molecular complexity index is 1890. The summed E-state index contributed by atoms with van der Waals surface area (Å²) in [6.45, 7) is 7.21. The number of hydrogen-bond donors (Lipinski definition) is 4. The van der Waals surface area contributed by atoms with Crippen LogP contribution in [0.2, 0.25) is 5.28 Å². The number of hydrogen-bond acceptors (Lipinski definition) is 11. The molecular formula is C41H53ClN8O7. The highest BCUT2D eigenvalue weighted by Gasteiger charge is 2.35. The summed E-state index contributed by atoms with van der Waals surface area (Å²) in [6.07, 6.45) is 5.06. The lowest BCUT2D eigenvalue weighted by Crippen LogP contribution is -2.50. The summed E-state index contributed by atoms with van der Waals surface area (Å²) >= 11 is 5.93. The summed E-state index contributed by atoms with van der Waals surface area (Å²) < 4.78 is 11.1. The predicted molar refractivity (Wildman–Crippen MR) is 218 cm³/mol. The monoisotopic (exact) mass is 804 g/mol. The van der Waals surface area contributed by atoms with Gasteiger partial charge in [0.25, 0.3) is 12.4 Å². The maximum Gasteiger partial charge on any atom is 0.407 e. The van der Waals surface area contributed by atoms with Crippen LogP contribution in [0, 0.1) is 11.8 Å². The molecule has 2 aromatic carbocycles. The van der Waals surface area contributed by atoms with Crippen molar-refractivity contribution in [2.24, 2.45) is 17.6 Å². The number of nitrogens with two attached hydrogens (primary N) is 1. The van der Waals surface area contributed by atoms with Crippen molar-refractivity contribution in [1.82, 2.24) is 30.4 Å². The fourth-order valence-electron chi connectivity index (χ4n) is 6.37. The van der Waals surface area contributed by atoms with E-state index in [0.29, 0.717) is 48.9 Å². The van der Waals surface area contributed by atoms with Gasteiger partial charge in [-0.15, -0.1) is 0 Å². The number of nitrogens with zero attached hydrogens (tertiary/aromatic N) is 5. The SMILES string of the molecule is CN(C)CCCOc1ccc(-c2ccc(C[C@H](N)C(=O)N(C(=O)C3CCC(CNC(=O)OC(C)(C)C)CC3)c3ccc(-c4n[nH]c(Cl)n4)cc3)cc2)cn1.O=CO. The van der Waals surface area contributed by atoms with E-state index < -0.39 is 23.6 Å². The summed E-state index contributed by atoms with van der Waals surface area (Å²) in [5.74, 6) is 0.00637. The number of halogens is 1. The largest absolute Gasteiger partial charge is 0.483 e. The zero-order valence-electron chi connectivity index (χ0n) is 33.1. The predicted octanol–water partition coefficient (Wildman–Crippen LogP) is 5.98. The number of amides is 3. The molecule has 0 radical (unpaired) electrons. The van der Waals surface area contributed by atoms with Crippen molar-refractivity contribution in [3.8, 4) is 28.4 Å². The quantitative estimate of drug-likeness (QED) is 0.0859. The Kier molecular flexibility index (Phi) is 16.5. The molecule has 1 aliphatic rings. The van der Waals surface area contributed by atoms with E-state index in [1.807, 2.05) is 71.3 Å². The van der Waals surface area contributed by atoms with Gasteiger partial charge in [-0.3, -0.25) is 14.4 Å².